The van der Waals surface area contributed by atoms with Crippen LogP contribution < -0.4 is 20.9 Å². The van der Waals surface area contributed by atoms with E-state index in [0.29, 0.717) is 49.9 Å². The third kappa shape index (κ3) is 6.93. The highest BCUT2D eigenvalue weighted by Crippen LogP contribution is 2.31. The first kappa shape index (κ1) is 30.1. The van der Waals surface area contributed by atoms with Crippen LogP contribution in [0.5, 0.6) is 0 Å². The third-order valence-corrected chi connectivity index (χ3v) is 8.87. The molecule has 1 atom stereocenters. The summed E-state index contributed by atoms with van der Waals surface area (Å²) in [6.07, 6.45) is 4.97. The maximum atomic E-state index is 13.8. The van der Waals surface area contributed by atoms with Gasteiger partial charge in [0.2, 0.25) is 11.8 Å². The van der Waals surface area contributed by atoms with E-state index < -0.39 is 17.5 Å². The summed E-state index contributed by atoms with van der Waals surface area (Å²) in [5, 5.41) is 9.80. The van der Waals surface area contributed by atoms with Gasteiger partial charge in [-0.05, 0) is 55.5 Å². The summed E-state index contributed by atoms with van der Waals surface area (Å²) < 4.78 is 5.75. The van der Waals surface area contributed by atoms with Crippen molar-refractivity contribution in [3.05, 3.63) is 96.3 Å². The van der Waals surface area contributed by atoms with Gasteiger partial charge in [0, 0.05) is 18.4 Å². The molecule has 6 rings (SSSR count). The minimum Gasteiger partial charge on any atom is -0.451 e. The zero-order chi connectivity index (χ0) is 31.2. The molecule has 1 saturated heterocycles. The van der Waals surface area contributed by atoms with Gasteiger partial charge in [-0.1, -0.05) is 79.9 Å². The van der Waals surface area contributed by atoms with Crippen LogP contribution in [0.1, 0.15) is 61.1 Å². The largest absolute Gasteiger partial charge is 0.451 e. The molecule has 0 radical (unpaired) electrons. The second kappa shape index (κ2) is 13.4. The number of aryl methyl sites for hydroxylation is 1. The number of nitrogens with zero attached hydrogens (tertiary/aromatic N) is 1. The topological polar surface area (TPSA) is 121 Å². The third-order valence-electron chi connectivity index (χ3n) is 8.87. The summed E-state index contributed by atoms with van der Waals surface area (Å²) in [6, 6.07) is 25.7. The van der Waals surface area contributed by atoms with E-state index in [4.69, 9.17) is 4.42 Å². The van der Waals surface area contributed by atoms with Crippen LogP contribution >= 0.6 is 0 Å². The molecule has 1 aliphatic heterocycles. The van der Waals surface area contributed by atoms with Crippen LogP contribution in [0.2, 0.25) is 0 Å². The molecule has 3 N–H and O–H groups in total. The molecule has 45 heavy (non-hydrogen) atoms. The van der Waals surface area contributed by atoms with Gasteiger partial charge < -0.3 is 25.3 Å². The number of Topliss-reactive ketones (excluding diaryl/α,β-unsaturated/α-hetero) is 1. The number of fused-ring (bicyclic) bond motifs is 1. The van der Waals surface area contributed by atoms with Crippen molar-refractivity contribution in [1.82, 2.24) is 10.6 Å². The number of piperidine rings is 1. The van der Waals surface area contributed by atoms with Crippen LogP contribution in [-0.4, -0.2) is 48.2 Å². The SMILES string of the molecule is O=C(CCc1ccccc1)Nc1ccccc1N1CCC(NC(=O)C2(NC(=O)c3cc4ccccc4o3)CCCCC2)C(=O)C1. The summed E-state index contributed by atoms with van der Waals surface area (Å²) >= 11 is 0. The normalized spacial score (nSPS) is 17.9. The quantitative estimate of drug-likeness (QED) is 0.235. The number of nitrogens with one attached hydrogen (secondary N) is 3. The fourth-order valence-electron chi connectivity index (χ4n) is 6.39. The first-order valence-electron chi connectivity index (χ1n) is 15.7. The molecule has 2 aliphatic rings. The minimum absolute atomic E-state index is 0.0951. The van der Waals surface area contributed by atoms with E-state index in [1.165, 1.54) is 0 Å². The van der Waals surface area contributed by atoms with E-state index in [1.807, 2.05) is 77.7 Å². The molecule has 3 aromatic carbocycles. The van der Waals surface area contributed by atoms with Gasteiger partial charge in [-0.3, -0.25) is 19.2 Å². The molecular weight excluding hydrogens is 568 g/mol. The van der Waals surface area contributed by atoms with Crippen LogP contribution in [-0.2, 0) is 20.8 Å². The van der Waals surface area contributed by atoms with Gasteiger partial charge in [-0.15, -0.1) is 0 Å². The molecule has 0 spiro atoms. The minimum atomic E-state index is -1.11. The first-order chi connectivity index (χ1) is 21.9. The Balaban J connectivity index is 1.08. The van der Waals surface area contributed by atoms with Crippen molar-refractivity contribution in [2.45, 2.75) is 62.9 Å². The highest BCUT2D eigenvalue weighted by molar-refractivity contribution is 6.02. The molecule has 3 amide bonds. The van der Waals surface area contributed by atoms with Crippen LogP contribution in [0.4, 0.5) is 11.4 Å². The van der Waals surface area contributed by atoms with Gasteiger partial charge in [-0.25, -0.2) is 0 Å². The summed E-state index contributed by atoms with van der Waals surface area (Å²) in [6.45, 7) is 0.617. The Morgan fingerprint density at radius 2 is 1.62 bits per heavy atom. The predicted molar refractivity (Wildman–Crippen MR) is 173 cm³/mol. The van der Waals surface area contributed by atoms with Crippen LogP contribution in [0, 0.1) is 0 Å². The maximum Gasteiger partial charge on any atom is 0.287 e. The average Bonchev–Trinajstić information content (AvgIpc) is 3.51. The highest BCUT2D eigenvalue weighted by Gasteiger charge is 2.43. The lowest BCUT2D eigenvalue weighted by Gasteiger charge is -2.39. The molecule has 232 valence electrons. The molecule has 1 aromatic heterocycles. The molecular formula is C36H38N4O5. The van der Waals surface area contributed by atoms with Crippen molar-refractivity contribution in [2.24, 2.45) is 0 Å². The number of ketones is 1. The van der Waals surface area contributed by atoms with Gasteiger partial charge in [0.05, 0.1) is 24.0 Å². The van der Waals surface area contributed by atoms with Gasteiger partial charge in [-0.2, -0.15) is 0 Å². The maximum absolute atomic E-state index is 13.8. The van der Waals surface area contributed by atoms with Gasteiger partial charge in [0.15, 0.2) is 11.5 Å². The van der Waals surface area contributed by atoms with E-state index in [0.717, 1.165) is 35.9 Å². The molecule has 0 bridgehead atoms. The van der Waals surface area contributed by atoms with Gasteiger partial charge >= 0.3 is 0 Å². The Bertz CT molecular complexity index is 1660. The van der Waals surface area contributed by atoms with Crippen molar-refractivity contribution in [3.8, 4) is 0 Å². The summed E-state index contributed by atoms with van der Waals surface area (Å²) in [4.78, 5) is 55.2. The van der Waals surface area contributed by atoms with Crippen molar-refractivity contribution >= 4 is 45.8 Å². The Hall–Kier alpha value is -4.92. The average molecular weight is 607 g/mol. The van der Waals surface area contributed by atoms with Crippen molar-refractivity contribution in [3.63, 3.8) is 0 Å². The smallest absolute Gasteiger partial charge is 0.287 e. The number of carbonyl (C=O) groups excluding carboxylic acids is 4. The van der Waals surface area contributed by atoms with Gasteiger partial charge in [0.25, 0.3) is 5.91 Å². The Labute approximate surface area is 262 Å². The molecule has 9 nitrogen and oxygen atoms in total. The molecule has 1 aliphatic carbocycles. The number of hydrogen-bond acceptors (Lipinski definition) is 6. The number of furan rings is 1. The second-order valence-electron chi connectivity index (χ2n) is 12.0. The monoisotopic (exact) mass is 606 g/mol. The van der Waals surface area contributed by atoms with E-state index >= 15 is 0 Å². The summed E-state index contributed by atoms with van der Waals surface area (Å²) in [5.41, 5.74) is 2.02. The van der Waals surface area contributed by atoms with Gasteiger partial charge in [0.1, 0.15) is 11.1 Å². The number of carbonyl (C=O) groups is 4. The fourth-order valence-corrected chi connectivity index (χ4v) is 6.39. The number of benzene rings is 3. The second-order valence-corrected chi connectivity index (χ2v) is 12.0. The Morgan fingerprint density at radius 1 is 0.889 bits per heavy atom. The molecule has 1 unspecified atom stereocenters. The van der Waals surface area contributed by atoms with Crippen LogP contribution in [0.15, 0.2) is 89.3 Å². The fraction of sp³-hybridized carbons (Fsp3) is 0.333. The number of para-hydroxylation sites is 3. The zero-order valence-electron chi connectivity index (χ0n) is 25.2. The van der Waals surface area contributed by atoms with Crippen LogP contribution in [0.25, 0.3) is 11.0 Å². The zero-order valence-corrected chi connectivity index (χ0v) is 25.2. The Kier molecular flexibility index (Phi) is 8.96. The molecule has 9 heteroatoms. The number of rotatable bonds is 9. The molecule has 4 aromatic rings. The lowest BCUT2D eigenvalue weighted by atomic mass is 9.80. The lowest BCUT2D eigenvalue weighted by Crippen LogP contribution is -2.63. The standard InChI is InChI=1S/C36H38N4O5/c41-30-24-40(29-15-7-6-14-27(29)37-33(42)18-17-25-11-3-1-4-12-25)22-19-28(30)38-35(44)36(20-9-2-10-21-36)39-34(43)32-23-26-13-5-8-16-31(26)45-32/h1,3-8,11-16,23,28H,2,9-10,17-22,24H2,(H,37,42)(H,38,44)(H,39,43). The molecule has 2 fully saturated rings. The summed E-state index contributed by atoms with van der Waals surface area (Å²) in [7, 11) is 0. The number of amides is 3. The van der Waals surface area contributed by atoms with Crippen molar-refractivity contribution < 1.29 is 23.6 Å². The summed E-state index contributed by atoms with van der Waals surface area (Å²) in [5.74, 6) is -0.822. The van der Waals surface area contributed by atoms with E-state index in [1.54, 1.807) is 12.1 Å². The first-order valence-corrected chi connectivity index (χ1v) is 15.7. The van der Waals surface area contributed by atoms with Crippen LogP contribution in [0.3, 0.4) is 0 Å². The van der Waals surface area contributed by atoms with Crippen molar-refractivity contribution in [2.75, 3.05) is 23.3 Å². The number of hydrogen-bond donors (Lipinski definition) is 3. The van der Waals surface area contributed by atoms with E-state index in [9.17, 15) is 19.2 Å². The van der Waals surface area contributed by atoms with Crippen molar-refractivity contribution in [1.29, 1.82) is 0 Å². The van der Waals surface area contributed by atoms with E-state index in [2.05, 4.69) is 16.0 Å². The number of anilines is 2. The lowest BCUT2D eigenvalue weighted by molar-refractivity contribution is -0.133. The van der Waals surface area contributed by atoms with E-state index in [-0.39, 0.29) is 29.9 Å². The highest BCUT2D eigenvalue weighted by atomic mass is 16.3. The Morgan fingerprint density at radius 3 is 2.40 bits per heavy atom. The molecule has 1 saturated carbocycles. The molecule has 2 heterocycles. The predicted octanol–water partition coefficient (Wildman–Crippen LogP) is 5.40.